The van der Waals surface area contributed by atoms with Crippen LogP contribution in [0.3, 0.4) is 0 Å². The highest BCUT2D eigenvalue weighted by molar-refractivity contribution is 5.52. The van der Waals surface area contributed by atoms with E-state index in [1.807, 2.05) is 6.92 Å². The summed E-state index contributed by atoms with van der Waals surface area (Å²) in [5.74, 6) is 2.87. The van der Waals surface area contributed by atoms with Crippen molar-refractivity contribution in [2.45, 2.75) is 64.6 Å². The first-order chi connectivity index (χ1) is 11.7. The Hall–Kier alpha value is -2.10. The fourth-order valence-electron chi connectivity index (χ4n) is 4.04. The summed E-state index contributed by atoms with van der Waals surface area (Å²) in [4.78, 5) is 11.8. The number of hydrogen-bond acceptors (Lipinski definition) is 4. The van der Waals surface area contributed by atoms with Gasteiger partial charge in [0.15, 0.2) is 0 Å². The average Bonchev–Trinajstić information content (AvgIpc) is 3.06. The van der Waals surface area contributed by atoms with Gasteiger partial charge in [0.05, 0.1) is 0 Å². The van der Waals surface area contributed by atoms with Gasteiger partial charge in [-0.3, -0.25) is 0 Å². The van der Waals surface area contributed by atoms with E-state index >= 15 is 0 Å². The molecule has 0 unspecified atom stereocenters. The molecule has 126 valence electrons. The molecule has 1 aromatic carbocycles. The average molecular weight is 322 g/mol. The molecule has 0 spiro atoms. The molecule has 1 aliphatic carbocycles. The predicted octanol–water partition coefficient (Wildman–Crippen LogP) is 4.09. The number of nitrogens with zero attached hydrogens (tertiary/aromatic N) is 3. The van der Waals surface area contributed by atoms with Crippen LogP contribution in [-0.4, -0.2) is 22.1 Å². The Balaban J connectivity index is 1.60. The minimum atomic E-state index is 0.452. The summed E-state index contributed by atoms with van der Waals surface area (Å²) >= 11 is 0. The highest BCUT2D eigenvalue weighted by Crippen LogP contribution is 2.29. The molecule has 4 heteroatoms. The second-order valence-electron chi connectivity index (χ2n) is 7.23. The number of rotatable bonds is 3. The normalized spacial score (nSPS) is 20.9. The molecule has 24 heavy (non-hydrogen) atoms. The van der Waals surface area contributed by atoms with E-state index < -0.39 is 0 Å². The van der Waals surface area contributed by atoms with Gasteiger partial charge in [0.1, 0.15) is 17.5 Å². The van der Waals surface area contributed by atoms with Gasteiger partial charge in [-0.05, 0) is 44.2 Å². The molecule has 1 aromatic heterocycles. The van der Waals surface area contributed by atoms with Crippen LogP contribution in [0.5, 0.6) is 0 Å². The second-order valence-corrected chi connectivity index (χ2v) is 7.23. The Morgan fingerprint density at radius 1 is 1.08 bits per heavy atom. The molecule has 2 aliphatic rings. The number of hydrogen-bond donors (Lipinski definition) is 1. The lowest BCUT2D eigenvalue weighted by molar-refractivity contribution is 0.585. The van der Waals surface area contributed by atoms with E-state index in [0.29, 0.717) is 12.1 Å². The number of nitrogens with one attached hydrogen (secondary N) is 1. The first kappa shape index (κ1) is 15.4. The van der Waals surface area contributed by atoms with Crippen LogP contribution in [0.1, 0.15) is 49.6 Å². The zero-order chi connectivity index (χ0) is 16.5. The zero-order valence-electron chi connectivity index (χ0n) is 14.6. The molecule has 1 saturated carbocycles. The van der Waals surface area contributed by atoms with Crippen molar-refractivity contribution in [1.82, 2.24) is 9.97 Å². The van der Waals surface area contributed by atoms with Crippen LogP contribution in [0, 0.1) is 6.92 Å². The summed E-state index contributed by atoms with van der Waals surface area (Å²) in [6.45, 7) is 5.21. The minimum Gasteiger partial charge on any atom is -0.367 e. The molecule has 4 rings (SSSR count). The Kier molecular flexibility index (Phi) is 4.13. The molecule has 0 amide bonds. The Bertz CT molecular complexity index is 721. The Morgan fingerprint density at radius 3 is 2.62 bits per heavy atom. The molecular formula is C20H26N4. The lowest BCUT2D eigenvalue weighted by Gasteiger charge is -2.36. The molecule has 4 nitrogen and oxygen atoms in total. The summed E-state index contributed by atoms with van der Waals surface area (Å²) < 4.78 is 0. The quantitative estimate of drug-likeness (QED) is 0.924. The van der Waals surface area contributed by atoms with Crippen molar-refractivity contribution in [1.29, 1.82) is 0 Å². The van der Waals surface area contributed by atoms with Crippen LogP contribution in [-0.2, 0) is 13.0 Å². The molecule has 1 aliphatic heterocycles. The van der Waals surface area contributed by atoms with E-state index in [-0.39, 0.29) is 0 Å². The van der Waals surface area contributed by atoms with Crippen molar-refractivity contribution in [3.05, 3.63) is 47.3 Å². The Morgan fingerprint density at radius 2 is 1.83 bits per heavy atom. The van der Waals surface area contributed by atoms with Crippen LogP contribution < -0.4 is 10.2 Å². The third-order valence-electron chi connectivity index (χ3n) is 5.33. The van der Waals surface area contributed by atoms with Gasteiger partial charge in [-0.2, -0.15) is 0 Å². The van der Waals surface area contributed by atoms with Crippen molar-refractivity contribution in [2.24, 2.45) is 0 Å². The topological polar surface area (TPSA) is 41.1 Å². The van der Waals surface area contributed by atoms with Crippen LogP contribution >= 0.6 is 0 Å². The van der Waals surface area contributed by atoms with Gasteiger partial charge < -0.3 is 10.2 Å². The van der Waals surface area contributed by atoms with E-state index in [1.165, 1.54) is 36.8 Å². The molecule has 0 saturated heterocycles. The summed E-state index contributed by atoms with van der Waals surface area (Å²) in [6.07, 6.45) is 6.24. The van der Waals surface area contributed by atoms with Gasteiger partial charge in [-0.25, -0.2) is 9.97 Å². The first-order valence-corrected chi connectivity index (χ1v) is 9.15. The van der Waals surface area contributed by atoms with Crippen LogP contribution in [0.4, 0.5) is 11.6 Å². The highest BCUT2D eigenvalue weighted by Gasteiger charge is 2.24. The molecule has 0 bridgehead atoms. The van der Waals surface area contributed by atoms with Crippen molar-refractivity contribution in [3.63, 3.8) is 0 Å². The Labute approximate surface area is 144 Å². The first-order valence-electron chi connectivity index (χ1n) is 9.15. The van der Waals surface area contributed by atoms with E-state index in [4.69, 9.17) is 4.98 Å². The number of benzene rings is 1. The minimum absolute atomic E-state index is 0.452. The SMILES string of the molecule is Cc1nc(NC2CCCC2)cc(N2Cc3ccccc3C[C@@H]2C)n1. The zero-order valence-corrected chi connectivity index (χ0v) is 14.6. The van der Waals surface area contributed by atoms with E-state index in [2.05, 4.69) is 52.5 Å². The lowest BCUT2D eigenvalue weighted by Crippen LogP contribution is -2.39. The van der Waals surface area contributed by atoms with Crippen LogP contribution in [0.25, 0.3) is 0 Å². The van der Waals surface area contributed by atoms with E-state index in [9.17, 15) is 0 Å². The number of aryl methyl sites for hydroxylation is 1. The molecule has 1 atom stereocenters. The fraction of sp³-hybridized carbons (Fsp3) is 0.500. The van der Waals surface area contributed by atoms with Gasteiger partial charge in [0.25, 0.3) is 0 Å². The second kappa shape index (κ2) is 6.42. The van der Waals surface area contributed by atoms with Crippen LogP contribution in [0.2, 0.25) is 0 Å². The molecule has 2 heterocycles. The van der Waals surface area contributed by atoms with E-state index in [1.54, 1.807) is 0 Å². The smallest absolute Gasteiger partial charge is 0.134 e. The predicted molar refractivity (Wildman–Crippen MR) is 98.4 cm³/mol. The van der Waals surface area contributed by atoms with Crippen LogP contribution in [0.15, 0.2) is 30.3 Å². The van der Waals surface area contributed by atoms with Gasteiger partial charge in [0, 0.05) is 24.7 Å². The fourth-order valence-corrected chi connectivity index (χ4v) is 4.04. The van der Waals surface area contributed by atoms with Crippen molar-refractivity contribution in [2.75, 3.05) is 10.2 Å². The monoisotopic (exact) mass is 322 g/mol. The number of anilines is 2. The number of fused-ring (bicyclic) bond motifs is 1. The largest absolute Gasteiger partial charge is 0.367 e. The molecule has 0 radical (unpaired) electrons. The standard InChI is InChI=1S/C20H26N4/c1-14-11-16-7-3-4-8-17(16)13-24(14)20-12-19(21-15(2)22-20)23-18-9-5-6-10-18/h3-4,7-8,12,14,18H,5-6,9-11,13H2,1-2H3,(H,21,22,23)/t14-/m0/s1. The van der Waals surface area contributed by atoms with E-state index in [0.717, 1.165) is 30.4 Å². The maximum Gasteiger partial charge on any atom is 0.134 e. The maximum absolute atomic E-state index is 4.73. The van der Waals surface area contributed by atoms with Crippen molar-refractivity contribution < 1.29 is 0 Å². The number of aromatic nitrogens is 2. The van der Waals surface area contributed by atoms with Gasteiger partial charge in [-0.1, -0.05) is 37.1 Å². The van der Waals surface area contributed by atoms with Gasteiger partial charge >= 0.3 is 0 Å². The van der Waals surface area contributed by atoms with Gasteiger partial charge in [-0.15, -0.1) is 0 Å². The highest BCUT2D eigenvalue weighted by atomic mass is 15.2. The molecule has 2 aromatic rings. The molecule has 1 fully saturated rings. The third-order valence-corrected chi connectivity index (χ3v) is 5.33. The summed E-state index contributed by atoms with van der Waals surface area (Å²) in [5, 5.41) is 3.62. The summed E-state index contributed by atoms with van der Waals surface area (Å²) in [7, 11) is 0. The molecule has 1 N–H and O–H groups in total. The van der Waals surface area contributed by atoms with Crippen molar-refractivity contribution in [3.8, 4) is 0 Å². The summed E-state index contributed by atoms with van der Waals surface area (Å²) in [6, 6.07) is 11.9. The summed E-state index contributed by atoms with van der Waals surface area (Å²) in [5.41, 5.74) is 2.88. The molecular weight excluding hydrogens is 296 g/mol. The third kappa shape index (κ3) is 3.10. The lowest BCUT2D eigenvalue weighted by atomic mass is 9.95. The van der Waals surface area contributed by atoms with Crippen molar-refractivity contribution >= 4 is 11.6 Å². The maximum atomic E-state index is 4.73. The van der Waals surface area contributed by atoms with Gasteiger partial charge in [0.2, 0.25) is 0 Å².